The lowest BCUT2D eigenvalue weighted by Crippen LogP contribution is -2.49. The molecule has 1 aliphatic heterocycles. The summed E-state index contributed by atoms with van der Waals surface area (Å²) in [6.07, 6.45) is 4.61. The zero-order valence-corrected chi connectivity index (χ0v) is 11.8. The zero-order chi connectivity index (χ0) is 13.9. The fraction of sp³-hybridized carbons (Fsp3) is 0.562. The molecule has 0 aromatic heterocycles. The highest BCUT2D eigenvalue weighted by atomic mass is 16.2. The molecule has 4 nitrogen and oxygen atoms in total. The second-order valence-electron chi connectivity index (χ2n) is 5.93. The average Bonchev–Trinajstić information content (AvgIpc) is 3.30. The van der Waals surface area contributed by atoms with E-state index in [1.165, 1.54) is 24.1 Å². The van der Waals surface area contributed by atoms with Gasteiger partial charge in [-0.3, -0.25) is 4.79 Å². The number of carbonyl (C=O) groups excluding carboxylic acids is 1. The van der Waals surface area contributed by atoms with Crippen molar-refractivity contribution in [3.8, 4) is 0 Å². The predicted octanol–water partition coefficient (Wildman–Crippen LogP) is 1.29. The van der Waals surface area contributed by atoms with E-state index in [0.717, 1.165) is 25.3 Å². The van der Waals surface area contributed by atoms with Crippen LogP contribution in [0.2, 0.25) is 0 Å². The molecule has 0 bridgehead atoms. The van der Waals surface area contributed by atoms with E-state index in [4.69, 9.17) is 5.73 Å². The van der Waals surface area contributed by atoms with Crippen molar-refractivity contribution in [3.63, 3.8) is 0 Å². The average molecular weight is 273 g/mol. The number of nitrogens with two attached hydrogens (primary N) is 1. The summed E-state index contributed by atoms with van der Waals surface area (Å²) in [5, 5.41) is 3.05. The topological polar surface area (TPSA) is 58.4 Å². The molecular formula is C16H23N3O. The molecule has 0 saturated heterocycles. The zero-order valence-electron chi connectivity index (χ0n) is 11.8. The molecular weight excluding hydrogens is 250 g/mol. The van der Waals surface area contributed by atoms with Gasteiger partial charge in [0.25, 0.3) is 0 Å². The van der Waals surface area contributed by atoms with Crippen LogP contribution in [0.5, 0.6) is 0 Å². The number of nitrogens with one attached hydrogen (secondary N) is 1. The first-order valence-corrected chi connectivity index (χ1v) is 7.59. The maximum absolute atomic E-state index is 12.1. The molecule has 1 aromatic carbocycles. The molecule has 1 amide bonds. The maximum atomic E-state index is 12.1. The van der Waals surface area contributed by atoms with E-state index in [1.54, 1.807) is 0 Å². The molecule has 1 aromatic rings. The lowest BCUT2D eigenvalue weighted by Gasteiger charge is -2.38. The minimum Gasteiger partial charge on any atom is -0.358 e. The number of nitrogens with zero attached hydrogens (tertiary/aromatic N) is 1. The summed E-state index contributed by atoms with van der Waals surface area (Å²) < 4.78 is 0. The monoisotopic (exact) mass is 273 g/mol. The van der Waals surface area contributed by atoms with E-state index in [2.05, 4.69) is 28.4 Å². The summed E-state index contributed by atoms with van der Waals surface area (Å²) in [5.74, 6) is 0.838. The van der Waals surface area contributed by atoms with Crippen LogP contribution in [0, 0.1) is 5.92 Å². The number of hydrogen-bond donors (Lipinski definition) is 2. The summed E-state index contributed by atoms with van der Waals surface area (Å²) in [6.45, 7) is 1.86. The van der Waals surface area contributed by atoms with Crippen LogP contribution < -0.4 is 16.0 Å². The van der Waals surface area contributed by atoms with Gasteiger partial charge in [0.15, 0.2) is 0 Å². The fourth-order valence-corrected chi connectivity index (χ4v) is 2.93. The van der Waals surface area contributed by atoms with E-state index >= 15 is 0 Å². The van der Waals surface area contributed by atoms with Gasteiger partial charge in [0.1, 0.15) is 0 Å². The van der Waals surface area contributed by atoms with Crippen molar-refractivity contribution in [3.05, 3.63) is 29.8 Å². The summed E-state index contributed by atoms with van der Waals surface area (Å²) in [7, 11) is 0. The second-order valence-corrected chi connectivity index (χ2v) is 5.93. The summed E-state index contributed by atoms with van der Waals surface area (Å²) in [5.41, 5.74) is 8.39. The van der Waals surface area contributed by atoms with Crippen molar-refractivity contribution in [2.75, 3.05) is 24.5 Å². The Balaban J connectivity index is 1.69. The molecule has 0 radical (unpaired) electrons. The van der Waals surface area contributed by atoms with Crippen molar-refractivity contribution in [2.45, 2.75) is 31.7 Å². The highest BCUT2D eigenvalue weighted by Crippen LogP contribution is 2.30. The Morgan fingerprint density at radius 3 is 2.85 bits per heavy atom. The Morgan fingerprint density at radius 2 is 2.10 bits per heavy atom. The van der Waals surface area contributed by atoms with Crippen molar-refractivity contribution in [2.24, 2.45) is 11.7 Å². The van der Waals surface area contributed by atoms with Crippen LogP contribution in [-0.4, -0.2) is 31.6 Å². The summed E-state index contributed by atoms with van der Waals surface area (Å²) in [4.78, 5) is 14.3. The Morgan fingerprint density at radius 1 is 1.30 bits per heavy atom. The first-order valence-electron chi connectivity index (χ1n) is 7.59. The van der Waals surface area contributed by atoms with Crippen LogP contribution in [0.15, 0.2) is 24.3 Å². The van der Waals surface area contributed by atoms with Gasteiger partial charge in [0, 0.05) is 24.8 Å². The molecule has 1 atom stereocenters. The third-order valence-electron chi connectivity index (χ3n) is 4.36. The van der Waals surface area contributed by atoms with E-state index in [1.807, 2.05) is 6.07 Å². The van der Waals surface area contributed by atoms with Crippen molar-refractivity contribution >= 4 is 11.6 Å². The molecule has 4 heteroatoms. The third-order valence-corrected chi connectivity index (χ3v) is 4.36. The van der Waals surface area contributed by atoms with Crippen LogP contribution in [-0.2, 0) is 11.2 Å². The number of hydrogen-bond acceptors (Lipinski definition) is 3. The molecule has 1 aliphatic carbocycles. The minimum atomic E-state index is 0.118. The molecule has 0 spiro atoms. The van der Waals surface area contributed by atoms with Crippen LogP contribution in [0.25, 0.3) is 0 Å². The van der Waals surface area contributed by atoms with E-state index in [0.29, 0.717) is 13.1 Å². The van der Waals surface area contributed by atoms with Gasteiger partial charge in [-0.05, 0) is 43.2 Å². The van der Waals surface area contributed by atoms with Gasteiger partial charge >= 0.3 is 0 Å². The molecule has 20 heavy (non-hydrogen) atoms. The van der Waals surface area contributed by atoms with Crippen LogP contribution in [0.1, 0.15) is 24.8 Å². The Bertz CT molecular complexity index is 484. The van der Waals surface area contributed by atoms with Crippen molar-refractivity contribution in [1.82, 2.24) is 5.32 Å². The van der Waals surface area contributed by atoms with Gasteiger partial charge < -0.3 is 16.0 Å². The molecule has 1 fully saturated rings. The molecule has 2 aliphatic rings. The third kappa shape index (κ3) is 2.96. The number of benzene rings is 1. The van der Waals surface area contributed by atoms with Crippen molar-refractivity contribution in [1.29, 1.82) is 0 Å². The number of amides is 1. The first kappa shape index (κ1) is 13.4. The fourth-order valence-electron chi connectivity index (χ4n) is 2.93. The Kier molecular flexibility index (Phi) is 3.92. The van der Waals surface area contributed by atoms with Gasteiger partial charge in [-0.25, -0.2) is 0 Å². The number of para-hydroxylation sites is 1. The lowest BCUT2D eigenvalue weighted by atomic mass is 9.95. The molecule has 3 N–H and O–H groups in total. The highest BCUT2D eigenvalue weighted by molar-refractivity contribution is 5.82. The quantitative estimate of drug-likeness (QED) is 0.850. The van der Waals surface area contributed by atoms with Crippen LogP contribution in [0.3, 0.4) is 0 Å². The highest BCUT2D eigenvalue weighted by Gasteiger charge is 2.27. The number of carbonyl (C=O) groups is 1. The number of aryl methyl sites for hydroxylation is 1. The van der Waals surface area contributed by atoms with Gasteiger partial charge in [0.2, 0.25) is 5.91 Å². The van der Waals surface area contributed by atoms with Crippen LogP contribution >= 0.6 is 0 Å². The van der Waals surface area contributed by atoms with Crippen LogP contribution in [0.4, 0.5) is 5.69 Å². The van der Waals surface area contributed by atoms with Gasteiger partial charge in [-0.1, -0.05) is 18.2 Å². The number of fused-ring (bicyclic) bond motifs is 1. The van der Waals surface area contributed by atoms with Gasteiger partial charge in [-0.2, -0.15) is 0 Å². The summed E-state index contributed by atoms with van der Waals surface area (Å²) in [6, 6.07) is 8.62. The lowest BCUT2D eigenvalue weighted by molar-refractivity contribution is -0.119. The predicted molar refractivity (Wildman–Crippen MR) is 80.7 cm³/mol. The molecule has 1 saturated carbocycles. The SMILES string of the molecule is NCC1CCc2ccccc2N1CC(=O)NCC1CC1. The largest absolute Gasteiger partial charge is 0.358 e. The van der Waals surface area contributed by atoms with Gasteiger partial charge in [0.05, 0.1) is 6.54 Å². The minimum absolute atomic E-state index is 0.118. The first-order chi connectivity index (χ1) is 9.78. The number of anilines is 1. The molecule has 1 unspecified atom stereocenters. The molecule has 3 rings (SSSR count). The molecule has 108 valence electrons. The second kappa shape index (κ2) is 5.83. The Labute approximate surface area is 120 Å². The summed E-state index contributed by atoms with van der Waals surface area (Å²) >= 11 is 0. The maximum Gasteiger partial charge on any atom is 0.239 e. The van der Waals surface area contributed by atoms with E-state index in [9.17, 15) is 4.79 Å². The smallest absolute Gasteiger partial charge is 0.239 e. The van der Waals surface area contributed by atoms with E-state index in [-0.39, 0.29) is 11.9 Å². The molecule has 1 heterocycles. The Hall–Kier alpha value is -1.55. The van der Waals surface area contributed by atoms with Gasteiger partial charge in [-0.15, -0.1) is 0 Å². The number of rotatable bonds is 5. The van der Waals surface area contributed by atoms with E-state index < -0.39 is 0 Å². The normalized spacial score (nSPS) is 21.4. The van der Waals surface area contributed by atoms with Crippen molar-refractivity contribution < 1.29 is 4.79 Å². The standard InChI is InChI=1S/C16H23N3O/c17-9-14-8-7-13-3-1-2-4-15(13)19(14)11-16(20)18-10-12-5-6-12/h1-4,12,14H,5-11,17H2,(H,18,20).